The number of aromatic nitrogens is 1. The number of benzene rings is 1. The van der Waals surface area contributed by atoms with Crippen LogP contribution in [0.4, 0.5) is 0 Å². The molecule has 0 spiro atoms. The van der Waals surface area contributed by atoms with Crippen molar-refractivity contribution in [1.29, 1.82) is 0 Å². The second-order valence-corrected chi connectivity index (χ2v) is 6.21. The molecule has 1 atom stereocenters. The van der Waals surface area contributed by atoms with E-state index in [2.05, 4.69) is 5.32 Å². The summed E-state index contributed by atoms with van der Waals surface area (Å²) in [6.07, 6.45) is 1.75. The number of nitrogens with zero attached hydrogens (tertiary/aromatic N) is 2. The zero-order valence-electron chi connectivity index (χ0n) is 13.5. The van der Waals surface area contributed by atoms with Gasteiger partial charge in [-0.2, -0.15) is 0 Å². The van der Waals surface area contributed by atoms with E-state index in [4.69, 9.17) is 4.74 Å². The van der Waals surface area contributed by atoms with Crippen LogP contribution in [-0.2, 0) is 13.2 Å². The van der Waals surface area contributed by atoms with Crippen LogP contribution >= 0.6 is 0 Å². The lowest BCUT2D eigenvalue weighted by molar-refractivity contribution is 0.0644. The van der Waals surface area contributed by atoms with E-state index in [1.807, 2.05) is 34.9 Å². The molecule has 1 saturated heterocycles. The van der Waals surface area contributed by atoms with Crippen LogP contribution < -0.4 is 15.5 Å². The van der Waals surface area contributed by atoms with Gasteiger partial charge in [0.15, 0.2) is 11.4 Å². The van der Waals surface area contributed by atoms with Crippen LogP contribution in [-0.4, -0.2) is 34.6 Å². The summed E-state index contributed by atoms with van der Waals surface area (Å²) >= 11 is 0. The summed E-state index contributed by atoms with van der Waals surface area (Å²) in [6, 6.07) is 9.63. The van der Waals surface area contributed by atoms with Gasteiger partial charge < -0.3 is 14.2 Å². The molecule has 0 radical (unpaired) electrons. The van der Waals surface area contributed by atoms with Crippen molar-refractivity contribution in [3.63, 3.8) is 0 Å². The van der Waals surface area contributed by atoms with Gasteiger partial charge in [0.05, 0.1) is 6.54 Å². The minimum absolute atomic E-state index is 0.00567. The lowest BCUT2D eigenvalue weighted by atomic mass is 10.1. The van der Waals surface area contributed by atoms with Crippen molar-refractivity contribution in [3.05, 3.63) is 63.6 Å². The van der Waals surface area contributed by atoms with E-state index in [9.17, 15) is 9.59 Å². The quantitative estimate of drug-likeness (QED) is 0.919. The van der Waals surface area contributed by atoms with E-state index in [-0.39, 0.29) is 29.9 Å². The summed E-state index contributed by atoms with van der Waals surface area (Å²) in [7, 11) is 0. The molecule has 124 valence electrons. The molecule has 3 heterocycles. The monoisotopic (exact) mass is 325 g/mol. The Hall–Kier alpha value is -2.60. The topological polar surface area (TPSA) is 63.6 Å². The van der Waals surface area contributed by atoms with Gasteiger partial charge in [-0.05, 0) is 12.5 Å². The van der Waals surface area contributed by atoms with Crippen molar-refractivity contribution >= 4 is 5.91 Å². The molecule has 2 aliphatic heterocycles. The van der Waals surface area contributed by atoms with Gasteiger partial charge in [0.25, 0.3) is 5.91 Å². The highest BCUT2D eigenvalue weighted by molar-refractivity contribution is 5.96. The van der Waals surface area contributed by atoms with Crippen LogP contribution in [0.15, 0.2) is 41.3 Å². The Bertz CT molecular complexity index is 845. The maximum Gasteiger partial charge on any atom is 0.275 e. The molecule has 1 aromatic heterocycles. The summed E-state index contributed by atoms with van der Waals surface area (Å²) in [6.45, 7) is 4.08. The Balaban J connectivity index is 1.74. The molecule has 1 aromatic carbocycles. The molecule has 6 nitrogen and oxygen atoms in total. The van der Waals surface area contributed by atoms with E-state index in [1.165, 1.54) is 0 Å². The first-order valence-corrected chi connectivity index (χ1v) is 8.10. The van der Waals surface area contributed by atoms with Crippen LogP contribution in [0, 0.1) is 6.92 Å². The number of carbonyl (C=O) groups excluding carboxylic acids is 1. The minimum Gasteiger partial charge on any atom is -0.483 e. The van der Waals surface area contributed by atoms with Crippen LogP contribution in [0.2, 0.25) is 0 Å². The first-order chi connectivity index (χ1) is 11.6. The van der Waals surface area contributed by atoms with Gasteiger partial charge >= 0.3 is 0 Å². The molecular weight excluding hydrogens is 306 g/mol. The van der Waals surface area contributed by atoms with Crippen molar-refractivity contribution < 1.29 is 9.53 Å². The number of amides is 1. The van der Waals surface area contributed by atoms with Gasteiger partial charge in [0.2, 0.25) is 5.43 Å². The van der Waals surface area contributed by atoms with Crippen molar-refractivity contribution in [3.8, 4) is 5.75 Å². The predicted octanol–water partition coefficient (Wildman–Crippen LogP) is 1.12. The number of rotatable bonds is 3. The number of carbonyl (C=O) groups is 1. The molecule has 1 unspecified atom stereocenters. The van der Waals surface area contributed by atoms with Crippen molar-refractivity contribution in [1.82, 2.24) is 14.8 Å². The molecular formula is C18H19N3O3. The Morgan fingerprint density at radius 3 is 2.83 bits per heavy atom. The van der Waals surface area contributed by atoms with Gasteiger partial charge in [-0.1, -0.05) is 30.3 Å². The zero-order chi connectivity index (χ0) is 16.7. The maximum absolute atomic E-state index is 12.8. The molecule has 1 amide bonds. The van der Waals surface area contributed by atoms with E-state index < -0.39 is 0 Å². The van der Waals surface area contributed by atoms with Gasteiger partial charge in [0.1, 0.15) is 12.8 Å². The van der Waals surface area contributed by atoms with Crippen molar-refractivity contribution in [2.75, 3.05) is 13.1 Å². The highest BCUT2D eigenvalue weighted by Crippen LogP contribution is 2.25. The number of ether oxygens (including phenoxy) is 1. The summed E-state index contributed by atoms with van der Waals surface area (Å²) in [5, 5.41) is 3.31. The van der Waals surface area contributed by atoms with Crippen molar-refractivity contribution in [2.45, 2.75) is 26.2 Å². The fourth-order valence-corrected chi connectivity index (χ4v) is 3.35. The highest BCUT2D eigenvalue weighted by Gasteiger charge is 2.38. The summed E-state index contributed by atoms with van der Waals surface area (Å²) in [5.41, 5.74) is 1.69. The van der Waals surface area contributed by atoms with Gasteiger partial charge in [-0.25, -0.2) is 0 Å². The predicted molar refractivity (Wildman–Crippen MR) is 89.0 cm³/mol. The Labute approximate surface area is 139 Å². The standard InChI is InChI=1S/C18H19N3O3/c1-12-9-20-10-14-19-7-8-21(14)18(23)15(20)17(16(12)22)24-11-13-5-3-2-4-6-13/h2-6,9,14,19H,7-8,10-11H2,1H3. The third-order valence-electron chi connectivity index (χ3n) is 4.58. The smallest absolute Gasteiger partial charge is 0.275 e. The largest absolute Gasteiger partial charge is 0.483 e. The molecule has 24 heavy (non-hydrogen) atoms. The van der Waals surface area contributed by atoms with Crippen LogP contribution in [0.5, 0.6) is 5.75 Å². The molecule has 6 heteroatoms. The fraction of sp³-hybridized carbons (Fsp3) is 0.333. The number of hydrogen-bond donors (Lipinski definition) is 1. The van der Waals surface area contributed by atoms with Gasteiger partial charge in [0, 0.05) is 24.8 Å². The average molecular weight is 325 g/mol. The zero-order valence-corrected chi connectivity index (χ0v) is 13.5. The molecule has 1 N–H and O–H groups in total. The number of pyridine rings is 1. The molecule has 4 rings (SSSR count). The third kappa shape index (κ3) is 2.39. The highest BCUT2D eigenvalue weighted by atomic mass is 16.5. The van der Waals surface area contributed by atoms with E-state index in [0.717, 1.165) is 12.1 Å². The summed E-state index contributed by atoms with van der Waals surface area (Å²) < 4.78 is 7.67. The average Bonchev–Trinajstić information content (AvgIpc) is 3.05. The second-order valence-electron chi connectivity index (χ2n) is 6.21. The van der Waals surface area contributed by atoms with E-state index >= 15 is 0 Å². The molecule has 0 saturated carbocycles. The van der Waals surface area contributed by atoms with E-state index in [0.29, 0.717) is 24.3 Å². The number of hydrogen-bond acceptors (Lipinski definition) is 4. The molecule has 0 aliphatic carbocycles. The summed E-state index contributed by atoms with van der Waals surface area (Å²) in [5.74, 6) is 0.0191. The Kier molecular flexibility index (Phi) is 3.61. The lowest BCUT2D eigenvalue weighted by Gasteiger charge is -2.33. The lowest BCUT2D eigenvalue weighted by Crippen LogP contribution is -2.49. The maximum atomic E-state index is 12.8. The number of aryl methyl sites for hydroxylation is 1. The Morgan fingerprint density at radius 1 is 1.25 bits per heavy atom. The second kappa shape index (κ2) is 5.79. The minimum atomic E-state index is -0.212. The molecule has 2 aliphatic rings. The van der Waals surface area contributed by atoms with E-state index in [1.54, 1.807) is 18.0 Å². The van der Waals surface area contributed by atoms with Gasteiger partial charge in [-0.3, -0.25) is 14.9 Å². The van der Waals surface area contributed by atoms with Crippen molar-refractivity contribution in [2.24, 2.45) is 0 Å². The summed E-state index contributed by atoms with van der Waals surface area (Å²) in [4.78, 5) is 27.2. The number of nitrogens with one attached hydrogen (secondary N) is 1. The SMILES string of the molecule is Cc1cn2c(c(OCc3ccccc3)c1=O)C(=O)N1CCNC1C2. The first kappa shape index (κ1) is 15.0. The molecule has 1 fully saturated rings. The number of fused-ring (bicyclic) bond motifs is 2. The Morgan fingerprint density at radius 2 is 2.04 bits per heavy atom. The third-order valence-corrected chi connectivity index (χ3v) is 4.58. The fourth-order valence-electron chi connectivity index (χ4n) is 3.35. The van der Waals surface area contributed by atoms with Crippen LogP contribution in [0.3, 0.4) is 0 Å². The van der Waals surface area contributed by atoms with Gasteiger partial charge in [-0.15, -0.1) is 0 Å². The van der Waals surface area contributed by atoms with Crippen LogP contribution in [0.25, 0.3) is 0 Å². The molecule has 2 aromatic rings. The first-order valence-electron chi connectivity index (χ1n) is 8.10. The normalized spacial score (nSPS) is 19.1. The molecule has 0 bridgehead atoms. The van der Waals surface area contributed by atoms with Crippen LogP contribution in [0.1, 0.15) is 21.6 Å².